The molecule has 19 heteroatoms. The summed E-state index contributed by atoms with van der Waals surface area (Å²) in [7, 11) is 5.04. The number of hydrogen-bond donors (Lipinski definition) is 6. The summed E-state index contributed by atoms with van der Waals surface area (Å²) < 4.78 is 34.6. The Morgan fingerprint density at radius 2 is 0.955 bits per heavy atom. The molecule has 0 spiro atoms. The van der Waals surface area contributed by atoms with Gasteiger partial charge in [0.15, 0.2) is 11.3 Å². The van der Waals surface area contributed by atoms with Gasteiger partial charge in [-0.15, -0.1) is 0 Å². The highest BCUT2D eigenvalue weighted by atomic mass is 35.5. The Balaban J connectivity index is 0.000000129. The van der Waals surface area contributed by atoms with E-state index in [4.69, 9.17) is 45.9 Å². The molecule has 0 bridgehead atoms. The van der Waals surface area contributed by atoms with Gasteiger partial charge in [0.05, 0.1) is 93.6 Å². The van der Waals surface area contributed by atoms with E-state index in [9.17, 15) is 0 Å². The van der Waals surface area contributed by atoms with Crippen LogP contribution in [0.4, 0.5) is 0 Å². The van der Waals surface area contributed by atoms with E-state index in [0.717, 1.165) is 136 Å². The van der Waals surface area contributed by atoms with Crippen LogP contribution in [0.3, 0.4) is 0 Å². The maximum atomic E-state index is 6.55. The van der Waals surface area contributed by atoms with Crippen molar-refractivity contribution in [2.24, 2.45) is 34.6 Å². The quantitative estimate of drug-likeness (QED) is 0.0252. The van der Waals surface area contributed by atoms with Crippen LogP contribution in [0.2, 0.25) is 5.02 Å². The minimum Gasteiger partial charge on any atom is -0.497 e. The predicted molar refractivity (Wildman–Crippen MR) is 346 cm³/mol. The molecule has 458 valence electrons. The molecule has 88 heavy (non-hydrogen) atoms. The van der Waals surface area contributed by atoms with Crippen LogP contribution in [-0.2, 0) is 34.0 Å². The molecule has 9 atom stereocenters. The van der Waals surface area contributed by atoms with Crippen LogP contribution in [0.5, 0.6) is 17.2 Å². The fourth-order valence-electron chi connectivity index (χ4n) is 14.1. The number of benzene rings is 3. The van der Waals surface area contributed by atoms with E-state index in [1.807, 2.05) is 85.6 Å². The molecule has 8 heterocycles. The molecule has 0 radical (unpaired) electrons. The second kappa shape index (κ2) is 27.4. The summed E-state index contributed by atoms with van der Waals surface area (Å²) in [5.41, 5.74) is 12.2. The van der Waals surface area contributed by atoms with E-state index >= 15 is 0 Å². The highest BCUT2D eigenvalue weighted by Gasteiger charge is 2.40. The molecule has 11 aromatic rings. The van der Waals surface area contributed by atoms with Crippen molar-refractivity contribution in [1.29, 1.82) is 0 Å². The van der Waals surface area contributed by atoms with E-state index in [2.05, 4.69) is 113 Å². The predicted octanol–water partition coefficient (Wildman–Crippen LogP) is 14.8. The maximum absolute atomic E-state index is 6.55. The lowest BCUT2D eigenvalue weighted by Gasteiger charge is -2.20. The first-order valence-electron chi connectivity index (χ1n) is 30.9. The highest BCUT2D eigenvalue weighted by Crippen LogP contribution is 2.47. The number of hydrazone groups is 1. The van der Waals surface area contributed by atoms with Crippen LogP contribution in [0, 0.1) is 23.7 Å². The molecule has 3 fully saturated rings. The number of nitrogens with two attached hydrogens (primary N) is 1. The third kappa shape index (κ3) is 12.7. The number of fused-ring (bicyclic) bond motifs is 7. The van der Waals surface area contributed by atoms with Gasteiger partial charge < -0.3 is 49.4 Å². The number of methoxy groups -OCH3 is 3. The lowest BCUT2D eigenvalue weighted by Crippen LogP contribution is -2.22. The maximum Gasteiger partial charge on any atom is 0.159 e. The Labute approximate surface area is 517 Å². The van der Waals surface area contributed by atoms with Gasteiger partial charge in [0.1, 0.15) is 22.9 Å². The zero-order valence-electron chi connectivity index (χ0n) is 50.9. The van der Waals surface area contributed by atoms with Gasteiger partial charge in [-0.3, -0.25) is 10.2 Å². The normalized spacial score (nSPS) is 21.9. The summed E-state index contributed by atoms with van der Waals surface area (Å²) in [6, 6.07) is 30.3. The molecule has 7 N–H and O–H groups in total. The standard InChI is InChI=1S/C23H27ClN4O2.2C23H26N4O2/c1-3-15-10-17(30-13-14-4-6-16(29-2)7-5-14)11-19(15)22(28-25)21-18-8-9-26-23(18)27-12-20(21)24;2*1-3-15-10-17(29-13-14-4-6-16(28-2)7-5-14)11-19(15)22-21-18-8-9-24-23(18)25-12-20(21)26-27-22/h4-9,12,15,17,19H,3,10-11,13,25H2,1-2H3,(H,26,27);2*4-9,12,15,17,19,26-27H,3,10-11,13H2,1-2H3/t;2*15-,17+,19-/m.10/s1. The smallest absolute Gasteiger partial charge is 0.159 e. The van der Waals surface area contributed by atoms with Gasteiger partial charge in [-0.2, -0.15) is 5.10 Å². The summed E-state index contributed by atoms with van der Waals surface area (Å²) >= 11 is 6.55. The van der Waals surface area contributed by atoms with Crippen molar-refractivity contribution in [3.63, 3.8) is 0 Å². The molecule has 3 aliphatic carbocycles. The topological polar surface area (TPSA) is 237 Å². The van der Waals surface area contributed by atoms with Crippen molar-refractivity contribution in [3.05, 3.63) is 167 Å². The fraction of sp³-hybridized carbons (Fsp3) is 0.391. The van der Waals surface area contributed by atoms with Gasteiger partial charge >= 0.3 is 0 Å². The van der Waals surface area contributed by atoms with Crippen molar-refractivity contribution >= 4 is 72.2 Å². The van der Waals surface area contributed by atoms with Crippen molar-refractivity contribution in [3.8, 4) is 17.2 Å². The van der Waals surface area contributed by atoms with Crippen LogP contribution < -0.4 is 20.1 Å². The first-order chi connectivity index (χ1) is 43.2. The number of halogens is 1. The third-order valence-electron chi connectivity index (χ3n) is 18.8. The van der Waals surface area contributed by atoms with Crippen molar-refractivity contribution < 1.29 is 28.4 Å². The number of aromatic amines is 5. The average Bonchev–Trinajstić information content (AvgIpc) is 2.03. The van der Waals surface area contributed by atoms with Gasteiger partial charge in [-0.1, -0.05) is 88.0 Å². The SMILES string of the molecule is CCC1CC(OCc2ccc(OC)cc2)CC1C(=NN)c1c(Cl)cnc2[nH]ccc12.CC[C@@H]1C[C@H](OCc2ccc(OC)cc2)C[C@H]1c1[nH][nH]c2cnc3nccc3c12.CC[C@H]1C[C@@H](OCc2ccc(OC)cc2)C[C@@H]1c1[nH][nH]c2cnc3nccc3c12. The van der Waals surface area contributed by atoms with E-state index in [1.54, 1.807) is 27.5 Å². The number of ether oxygens (including phenoxy) is 6. The Hall–Kier alpha value is -8.29. The summed E-state index contributed by atoms with van der Waals surface area (Å²) in [6.07, 6.45) is 21.0. The largest absolute Gasteiger partial charge is 0.497 e. The zero-order valence-corrected chi connectivity index (χ0v) is 51.6. The van der Waals surface area contributed by atoms with Crippen molar-refractivity contribution in [1.82, 2.24) is 50.3 Å². The number of rotatable bonds is 19. The number of aromatic nitrogens is 10. The van der Waals surface area contributed by atoms with Gasteiger partial charge in [0, 0.05) is 86.4 Å². The molecule has 0 aliphatic heterocycles. The fourth-order valence-corrected chi connectivity index (χ4v) is 14.3. The minimum absolute atomic E-state index is 0.154. The van der Waals surface area contributed by atoms with E-state index in [1.165, 1.54) is 33.3 Å². The van der Waals surface area contributed by atoms with E-state index in [0.29, 0.717) is 54.4 Å². The number of nitrogens with zero attached hydrogens (tertiary/aromatic N) is 6. The van der Waals surface area contributed by atoms with Crippen LogP contribution in [-0.4, -0.2) is 95.7 Å². The molecule has 0 amide bonds. The molecule has 8 aromatic heterocycles. The molecule has 3 aromatic carbocycles. The summed E-state index contributed by atoms with van der Waals surface area (Å²) in [5, 5.41) is 23.9. The van der Waals surface area contributed by atoms with Crippen LogP contribution in [0.25, 0.3) is 54.9 Å². The lowest BCUT2D eigenvalue weighted by molar-refractivity contribution is 0.0421. The van der Waals surface area contributed by atoms with Crippen molar-refractivity contribution in [2.45, 2.75) is 129 Å². The van der Waals surface area contributed by atoms with Crippen molar-refractivity contribution in [2.75, 3.05) is 21.3 Å². The Kier molecular flexibility index (Phi) is 18.7. The molecule has 18 nitrogen and oxygen atoms in total. The molecule has 3 saturated carbocycles. The Morgan fingerprint density at radius 3 is 1.39 bits per heavy atom. The number of H-pyrrole nitrogens is 5. The third-order valence-corrected chi connectivity index (χ3v) is 19.0. The summed E-state index contributed by atoms with van der Waals surface area (Å²) in [5.74, 6) is 11.2. The average molecular weight is 1210 g/mol. The highest BCUT2D eigenvalue weighted by molar-refractivity contribution is 6.36. The molecular weight excluding hydrogens is 1130 g/mol. The first kappa shape index (κ1) is 60.0. The van der Waals surface area contributed by atoms with Gasteiger partial charge in [-0.25, -0.2) is 24.9 Å². The van der Waals surface area contributed by atoms with E-state index < -0.39 is 0 Å². The number of hydrogen-bond acceptors (Lipinski definition) is 13. The molecule has 0 saturated heterocycles. The second-order valence-electron chi connectivity index (χ2n) is 23.6. The Morgan fingerprint density at radius 1 is 0.511 bits per heavy atom. The van der Waals surface area contributed by atoms with Crippen LogP contribution in [0.15, 0.2) is 133 Å². The summed E-state index contributed by atoms with van der Waals surface area (Å²) in [4.78, 5) is 25.1. The molecular formula is C69H79ClN12O6. The molecule has 3 unspecified atom stereocenters. The van der Waals surface area contributed by atoms with Gasteiger partial charge in [0.2, 0.25) is 0 Å². The summed E-state index contributed by atoms with van der Waals surface area (Å²) in [6.45, 7) is 8.61. The van der Waals surface area contributed by atoms with Crippen LogP contribution >= 0.6 is 11.6 Å². The minimum atomic E-state index is 0.154. The zero-order chi connectivity index (χ0) is 60.7. The van der Waals surface area contributed by atoms with Crippen LogP contribution in [0.1, 0.15) is 124 Å². The van der Waals surface area contributed by atoms with Gasteiger partial charge in [-0.05, 0) is 128 Å². The number of nitrogens with one attached hydrogen (secondary N) is 5. The second-order valence-corrected chi connectivity index (χ2v) is 24.0. The molecule has 3 aliphatic rings. The monoisotopic (exact) mass is 1210 g/mol. The first-order valence-corrected chi connectivity index (χ1v) is 31.3. The van der Waals surface area contributed by atoms with Gasteiger partial charge in [0.25, 0.3) is 0 Å². The van der Waals surface area contributed by atoms with E-state index in [-0.39, 0.29) is 24.2 Å². The lowest BCUT2D eigenvalue weighted by atomic mass is 9.85. The molecule has 14 rings (SSSR count). The Bertz CT molecular complexity index is 3920. The number of pyridine rings is 3.